The average Bonchev–Trinajstić information content (AvgIpc) is 3.25. The molecular weight excluding hydrogens is 309 g/mol. The van der Waals surface area contributed by atoms with Gasteiger partial charge >= 0.3 is 0 Å². The molecule has 2 aromatic carbocycles. The molecule has 3 rings (SSSR count). The van der Waals surface area contributed by atoms with Crippen LogP contribution in [0.2, 0.25) is 10.0 Å². The van der Waals surface area contributed by atoms with Crippen LogP contribution in [0.3, 0.4) is 0 Å². The fourth-order valence-corrected chi connectivity index (χ4v) is 3.29. The summed E-state index contributed by atoms with van der Waals surface area (Å²) in [5.74, 6) is 0. The largest absolute Gasteiger partial charge is 0.310 e. The number of hydrogen-bond donors (Lipinski definition) is 1. The van der Waals surface area contributed by atoms with Gasteiger partial charge in [-0.15, -0.1) is 0 Å². The van der Waals surface area contributed by atoms with E-state index in [1.807, 2.05) is 36.4 Å². The molecule has 0 aliphatic heterocycles. The Morgan fingerprint density at radius 3 is 2.40 bits per heavy atom. The van der Waals surface area contributed by atoms with E-state index in [9.17, 15) is 0 Å². The van der Waals surface area contributed by atoms with E-state index >= 15 is 0 Å². The van der Waals surface area contributed by atoms with E-state index in [0.29, 0.717) is 6.04 Å². The molecule has 2 aromatic rings. The fraction of sp³-hybridized carbons (Fsp3) is 0.250. The van der Waals surface area contributed by atoms with Crippen molar-refractivity contribution in [1.82, 2.24) is 5.32 Å². The van der Waals surface area contributed by atoms with Crippen LogP contribution in [0.5, 0.6) is 0 Å². The molecule has 1 aliphatic carbocycles. The molecule has 0 amide bonds. The Hall–Kier alpha value is -0.670. The van der Waals surface area contributed by atoms with Crippen molar-refractivity contribution in [3.8, 4) is 0 Å². The zero-order chi connectivity index (χ0) is 13.9. The summed E-state index contributed by atoms with van der Waals surface area (Å²) in [6.45, 7) is 0.901. The van der Waals surface area contributed by atoms with Gasteiger partial charge in [-0.1, -0.05) is 41.0 Å². The Balaban J connectivity index is 1.78. The van der Waals surface area contributed by atoms with Crippen LogP contribution in [0, 0.1) is 0 Å². The molecular formula is C16H15Cl2NS. The maximum absolute atomic E-state index is 6.13. The summed E-state index contributed by atoms with van der Waals surface area (Å²) >= 11 is 13.8. The molecule has 0 radical (unpaired) electrons. The summed E-state index contributed by atoms with van der Waals surface area (Å²) in [4.78, 5) is 2.37. The van der Waals surface area contributed by atoms with Gasteiger partial charge in [0.25, 0.3) is 0 Å². The van der Waals surface area contributed by atoms with Crippen LogP contribution in [0.25, 0.3) is 0 Å². The number of nitrogens with one attached hydrogen (secondary N) is 1. The Labute approximate surface area is 133 Å². The first-order chi connectivity index (χ1) is 9.70. The van der Waals surface area contributed by atoms with Crippen molar-refractivity contribution >= 4 is 35.0 Å². The molecule has 1 aliphatic rings. The van der Waals surface area contributed by atoms with E-state index in [2.05, 4.69) is 11.4 Å². The van der Waals surface area contributed by atoms with Crippen LogP contribution in [0.4, 0.5) is 0 Å². The van der Waals surface area contributed by atoms with Crippen molar-refractivity contribution in [2.24, 2.45) is 0 Å². The van der Waals surface area contributed by atoms with E-state index in [-0.39, 0.29) is 0 Å². The van der Waals surface area contributed by atoms with Crippen LogP contribution in [0.1, 0.15) is 18.4 Å². The fourth-order valence-electron chi connectivity index (χ4n) is 1.94. The molecule has 4 heteroatoms. The first-order valence-corrected chi connectivity index (χ1v) is 8.23. The van der Waals surface area contributed by atoms with E-state index in [4.69, 9.17) is 23.2 Å². The number of halogens is 2. The minimum absolute atomic E-state index is 0.707. The predicted octanol–water partition coefficient (Wildman–Crippen LogP) is 5.40. The minimum Gasteiger partial charge on any atom is -0.310 e. The van der Waals surface area contributed by atoms with Crippen LogP contribution >= 0.6 is 35.0 Å². The highest BCUT2D eigenvalue weighted by molar-refractivity contribution is 7.99. The number of rotatable bonds is 5. The summed E-state index contributed by atoms with van der Waals surface area (Å²) in [6.07, 6.45) is 2.60. The Kier molecular flexibility index (Phi) is 4.57. The van der Waals surface area contributed by atoms with Crippen LogP contribution < -0.4 is 5.32 Å². The third-order valence-electron chi connectivity index (χ3n) is 3.23. The third kappa shape index (κ3) is 3.92. The summed E-state index contributed by atoms with van der Waals surface area (Å²) in [6, 6.07) is 14.7. The van der Waals surface area contributed by atoms with Crippen molar-refractivity contribution in [2.45, 2.75) is 35.2 Å². The molecule has 0 heterocycles. The smallest absolute Gasteiger partial charge is 0.0417 e. The van der Waals surface area contributed by atoms with Gasteiger partial charge in [-0.05, 0) is 54.8 Å². The lowest BCUT2D eigenvalue weighted by atomic mass is 10.2. The van der Waals surface area contributed by atoms with Crippen molar-refractivity contribution in [3.63, 3.8) is 0 Å². The topological polar surface area (TPSA) is 12.0 Å². The lowest BCUT2D eigenvalue weighted by Crippen LogP contribution is -2.15. The van der Waals surface area contributed by atoms with Gasteiger partial charge in [-0.25, -0.2) is 0 Å². The molecule has 0 atom stereocenters. The van der Waals surface area contributed by atoms with Crippen LogP contribution in [-0.2, 0) is 6.54 Å². The molecule has 1 N–H and O–H groups in total. The molecule has 0 bridgehead atoms. The summed E-state index contributed by atoms with van der Waals surface area (Å²) < 4.78 is 0. The monoisotopic (exact) mass is 323 g/mol. The second kappa shape index (κ2) is 6.40. The highest BCUT2D eigenvalue weighted by Gasteiger charge is 2.20. The average molecular weight is 324 g/mol. The molecule has 0 aromatic heterocycles. The standard InChI is InChI=1S/C16H15Cl2NS/c17-12-3-7-15(8-4-12)20-16-9-13(18)2-1-11(16)10-19-14-5-6-14/h1-4,7-9,14,19H,5-6,10H2. The minimum atomic E-state index is 0.707. The Morgan fingerprint density at radius 2 is 1.70 bits per heavy atom. The Bertz CT molecular complexity index is 594. The van der Waals surface area contributed by atoms with Crippen molar-refractivity contribution in [2.75, 3.05) is 0 Å². The second-order valence-corrected chi connectivity index (χ2v) is 6.95. The zero-order valence-electron chi connectivity index (χ0n) is 10.9. The molecule has 1 saturated carbocycles. The third-order valence-corrected chi connectivity index (χ3v) is 4.82. The molecule has 0 spiro atoms. The maximum Gasteiger partial charge on any atom is 0.0417 e. The zero-order valence-corrected chi connectivity index (χ0v) is 13.2. The van der Waals surface area contributed by atoms with Gasteiger partial charge in [0.2, 0.25) is 0 Å². The number of hydrogen-bond acceptors (Lipinski definition) is 2. The highest BCUT2D eigenvalue weighted by Crippen LogP contribution is 2.33. The lowest BCUT2D eigenvalue weighted by molar-refractivity contribution is 0.680. The summed E-state index contributed by atoms with van der Waals surface area (Å²) in [5, 5.41) is 5.09. The Morgan fingerprint density at radius 1 is 1.00 bits per heavy atom. The normalized spacial score (nSPS) is 14.5. The predicted molar refractivity (Wildman–Crippen MR) is 86.9 cm³/mol. The SMILES string of the molecule is Clc1ccc(Sc2cc(Cl)ccc2CNC2CC2)cc1. The lowest BCUT2D eigenvalue weighted by Gasteiger charge is -2.11. The molecule has 0 unspecified atom stereocenters. The van der Waals surface area contributed by atoms with Crippen molar-refractivity contribution in [3.05, 3.63) is 58.1 Å². The van der Waals surface area contributed by atoms with Gasteiger partial charge in [-0.2, -0.15) is 0 Å². The van der Waals surface area contributed by atoms with E-state index in [1.165, 1.54) is 28.2 Å². The molecule has 20 heavy (non-hydrogen) atoms. The van der Waals surface area contributed by atoms with Gasteiger partial charge in [-0.3, -0.25) is 0 Å². The van der Waals surface area contributed by atoms with Crippen LogP contribution in [0.15, 0.2) is 52.3 Å². The first kappa shape index (κ1) is 14.3. The van der Waals surface area contributed by atoms with Gasteiger partial charge < -0.3 is 5.32 Å². The second-order valence-electron chi connectivity index (χ2n) is 4.96. The molecule has 0 saturated heterocycles. The summed E-state index contributed by atoms with van der Waals surface area (Å²) in [7, 11) is 0. The van der Waals surface area contributed by atoms with Crippen molar-refractivity contribution < 1.29 is 0 Å². The van der Waals surface area contributed by atoms with E-state index in [0.717, 1.165) is 16.6 Å². The van der Waals surface area contributed by atoms with Crippen molar-refractivity contribution in [1.29, 1.82) is 0 Å². The first-order valence-electron chi connectivity index (χ1n) is 6.66. The summed E-state index contributed by atoms with van der Waals surface area (Å²) in [5.41, 5.74) is 1.29. The van der Waals surface area contributed by atoms with Gasteiger partial charge in [0.05, 0.1) is 0 Å². The van der Waals surface area contributed by atoms with Gasteiger partial charge in [0.1, 0.15) is 0 Å². The molecule has 1 nitrogen and oxygen atoms in total. The number of benzene rings is 2. The van der Waals surface area contributed by atoms with Gasteiger partial charge in [0.15, 0.2) is 0 Å². The quantitative estimate of drug-likeness (QED) is 0.790. The maximum atomic E-state index is 6.13. The van der Waals surface area contributed by atoms with Crippen LogP contribution in [-0.4, -0.2) is 6.04 Å². The van der Waals surface area contributed by atoms with E-state index in [1.54, 1.807) is 11.8 Å². The van der Waals surface area contributed by atoms with E-state index < -0.39 is 0 Å². The molecule has 1 fully saturated rings. The highest BCUT2D eigenvalue weighted by atomic mass is 35.5. The van der Waals surface area contributed by atoms with Gasteiger partial charge in [0, 0.05) is 32.4 Å². The molecule has 104 valence electrons.